The van der Waals surface area contributed by atoms with E-state index in [4.69, 9.17) is 16.3 Å². The zero-order valence-corrected chi connectivity index (χ0v) is 18.8. The normalized spacial score (nSPS) is 10.1. The van der Waals surface area contributed by atoms with E-state index in [9.17, 15) is 9.59 Å². The van der Waals surface area contributed by atoms with Crippen molar-refractivity contribution >= 4 is 64.5 Å². The molecule has 11 heteroatoms. The number of benzene rings is 3. The maximum atomic E-state index is 12.3. The molecule has 33 heavy (non-hydrogen) atoms. The van der Waals surface area contributed by atoms with E-state index in [1.807, 2.05) is 0 Å². The molecular weight excluding hydrogens is 469 g/mol. The van der Waals surface area contributed by atoms with E-state index in [0.717, 1.165) is 0 Å². The minimum atomic E-state index is -0.621. The summed E-state index contributed by atoms with van der Waals surface area (Å²) in [5, 5.41) is 8.47. The Morgan fingerprint density at radius 1 is 0.909 bits per heavy atom. The molecule has 4 rings (SSSR count). The highest BCUT2D eigenvalue weighted by molar-refractivity contribution is 6.30. The number of ether oxygens (including phenoxy) is 2. The number of imidazole rings is 1. The number of anilines is 3. The molecule has 0 saturated heterocycles. The Labute approximate surface area is 199 Å². The lowest BCUT2D eigenvalue weighted by molar-refractivity contribution is 0.186. The quantitative estimate of drug-likeness (QED) is 0.265. The summed E-state index contributed by atoms with van der Waals surface area (Å²) in [5.74, 6) is 1.34. The molecule has 0 aliphatic carbocycles. The van der Waals surface area contributed by atoms with E-state index in [0.29, 0.717) is 38.9 Å². The van der Waals surface area contributed by atoms with Crippen LogP contribution < -0.4 is 20.7 Å². The Hall–Kier alpha value is -3.95. The number of nitrogens with zero attached hydrogens (tertiary/aromatic N) is 1. The zero-order chi connectivity index (χ0) is 22.5. The van der Waals surface area contributed by atoms with Gasteiger partial charge in [-0.25, -0.2) is 14.6 Å². The van der Waals surface area contributed by atoms with Gasteiger partial charge in [0, 0.05) is 28.5 Å². The first-order chi connectivity index (χ1) is 15.5. The van der Waals surface area contributed by atoms with Crippen LogP contribution in [0.4, 0.5) is 26.9 Å². The molecule has 3 amide bonds. The van der Waals surface area contributed by atoms with E-state index in [1.165, 1.54) is 7.11 Å². The van der Waals surface area contributed by atoms with Gasteiger partial charge >= 0.3 is 12.1 Å². The molecule has 4 aromatic rings. The largest absolute Gasteiger partial charge is 0.457 e. The number of carbonyl (C=O) groups excluding carboxylic acids is 2. The molecule has 0 aliphatic rings. The van der Waals surface area contributed by atoms with Gasteiger partial charge in [0.25, 0.3) is 0 Å². The highest BCUT2D eigenvalue weighted by Crippen LogP contribution is 2.27. The van der Waals surface area contributed by atoms with E-state index >= 15 is 0 Å². The van der Waals surface area contributed by atoms with Gasteiger partial charge in [-0.05, 0) is 42.5 Å². The monoisotopic (exact) mass is 487 g/mol. The maximum Gasteiger partial charge on any atom is 0.413 e. The predicted octanol–water partition coefficient (Wildman–Crippen LogP) is 6.25. The van der Waals surface area contributed by atoms with Gasteiger partial charge in [0.15, 0.2) is 0 Å². The molecule has 0 bridgehead atoms. The highest BCUT2D eigenvalue weighted by Gasteiger charge is 2.09. The molecule has 0 unspecified atom stereocenters. The number of aromatic nitrogens is 2. The lowest BCUT2D eigenvalue weighted by Gasteiger charge is -2.10. The number of hydrogen-bond donors (Lipinski definition) is 4. The van der Waals surface area contributed by atoms with Gasteiger partial charge in [0.05, 0.1) is 18.1 Å². The van der Waals surface area contributed by atoms with Crippen molar-refractivity contribution in [3.63, 3.8) is 0 Å². The number of urea groups is 1. The molecule has 0 spiro atoms. The smallest absolute Gasteiger partial charge is 0.413 e. The van der Waals surface area contributed by atoms with E-state index in [2.05, 4.69) is 30.7 Å². The van der Waals surface area contributed by atoms with Gasteiger partial charge in [0.1, 0.15) is 11.5 Å². The number of halogens is 2. The lowest BCUT2D eigenvalue weighted by Crippen LogP contribution is -2.19. The average molecular weight is 488 g/mol. The number of fused-ring (bicyclic) bond motifs is 1. The minimum Gasteiger partial charge on any atom is -0.457 e. The fourth-order valence-electron chi connectivity index (χ4n) is 2.89. The van der Waals surface area contributed by atoms with Crippen LogP contribution in [0.25, 0.3) is 11.0 Å². The third-order valence-corrected chi connectivity index (χ3v) is 4.50. The molecule has 0 atom stereocenters. The fraction of sp³-hybridized carbons (Fsp3) is 0.0455. The second-order valence-electron chi connectivity index (χ2n) is 6.60. The van der Waals surface area contributed by atoms with Gasteiger partial charge in [-0.15, -0.1) is 12.4 Å². The maximum absolute atomic E-state index is 12.3. The van der Waals surface area contributed by atoms with E-state index in [1.54, 1.807) is 66.7 Å². The summed E-state index contributed by atoms with van der Waals surface area (Å²) in [6, 6.07) is 18.7. The number of H-pyrrole nitrogens is 1. The summed E-state index contributed by atoms with van der Waals surface area (Å²) in [5.41, 5.74) is 2.45. The van der Waals surface area contributed by atoms with Crippen molar-refractivity contribution < 1.29 is 19.1 Å². The Morgan fingerprint density at radius 3 is 2.33 bits per heavy atom. The lowest BCUT2D eigenvalue weighted by atomic mass is 10.3. The summed E-state index contributed by atoms with van der Waals surface area (Å²) >= 11 is 5.93. The predicted molar refractivity (Wildman–Crippen MR) is 130 cm³/mol. The third kappa shape index (κ3) is 6.28. The third-order valence-electron chi connectivity index (χ3n) is 4.27. The first-order valence-electron chi connectivity index (χ1n) is 9.45. The molecule has 0 fully saturated rings. The molecule has 1 aromatic heterocycles. The second kappa shape index (κ2) is 10.6. The van der Waals surface area contributed by atoms with E-state index in [-0.39, 0.29) is 18.4 Å². The van der Waals surface area contributed by atoms with Crippen LogP contribution in [0.2, 0.25) is 5.02 Å². The number of nitrogens with one attached hydrogen (secondary N) is 4. The molecule has 0 saturated carbocycles. The Morgan fingerprint density at radius 2 is 1.61 bits per heavy atom. The molecule has 0 aliphatic heterocycles. The van der Waals surface area contributed by atoms with Gasteiger partial charge in [-0.3, -0.25) is 5.32 Å². The van der Waals surface area contributed by atoms with Crippen LogP contribution in [0, 0.1) is 0 Å². The SMILES string of the molecule is COC(=O)Nc1nc2ccc(Oc3cccc(NC(=O)Nc4cccc(Cl)c4)c3)cc2[nH]1.Cl. The van der Waals surface area contributed by atoms with Crippen LogP contribution in [0.3, 0.4) is 0 Å². The van der Waals surface area contributed by atoms with Gasteiger partial charge < -0.3 is 25.1 Å². The number of aromatic amines is 1. The van der Waals surface area contributed by atoms with Crippen LogP contribution in [-0.4, -0.2) is 29.2 Å². The summed E-state index contributed by atoms with van der Waals surface area (Å²) in [6.45, 7) is 0. The average Bonchev–Trinajstić information content (AvgIpc) is 3.15. The number of carbonyl (C=O) groups is 2. The Kier molecular flexibility index (Phi) is 7.60. The second-order valence-corrected chi connectivity index (χ2v) is 7.04. The van der Waals surface area contributed by atoms with Crippen molar-refractivity contribution in [2.75, 3.05) is 23.1 Å². The first-order valence-corrected chi connectivity index (χ1v) is 9.82. The van der Waals surface area contributed by atoms with Crippen molar-refractivity contribution in [2.45, 2.75) is 0 Å². The molecule has 1 heterocycles. The van der Waals surface area contributed by atoms with Crippen LogP contribution >= 0.6 is 24.0 Å². The van der Waals surface area contributed by atoms with Crippen LogP contribution in [0.1, 0.15) is 0 Å². The van der Waals surface area contributed by atoms with Crippen molar-refractivity contribution in [3.8, 4) is 11.5 Å². The summed E-state index contributed by atoms with van der Waals surface area (Å²) < 4.78 is 10.5. The number of rotatable bonds is 5. The number of methoxy groups -OCH3 is 1. The number of amides is 3. The Bertz CT molecular complexity index is 1290. The summed E-state index contributed by atoms with van der Waals surface area (Å²) in [6.07, 6.45) is -0.621. The van der Waals surface area contributed by atoms with Gasteiger partial charge in [0.2, 0.25) is 5.95 Å². The van der Waals surface area contributed by atoms with Crippen molar-refractivity contribution in [3.05, 3.63) is 71.8 Å². The molecule has 4 N–H and O–H groups in total. The van der Waals surface area contributed by atoms with Crippen molar-refractivity contribution in [1.29, 1.82) is 0 Å². The topological polar surface area (TPSA) is 117 Å². The molecular formula is C22H19Cl2N5O4. The van der Waals surface area contributed by atoms with Gasteiger partial charge in [-0.2, -0.15) is 0 Å². The molecule has 170 valence electrons. The first kappa shape index (κ1) is 23.7. The minimum absolute atomic E-state index is 0. The van der Waals surface area contributed by atoms with Gasteiger partial charge in [-0.1, -0.05) is 23.7 Å². The highest BCUT2D eigenvalue weighted by atomic mass is 35.5. The van der Waals surface area contributed by atoms with Crippen molar-refractivity contribution in [2.24, 2.45) is 0 Å². The molecule has 3 aromatic carbocycles. The van der Waals surface area contributed by atoms with Crippen LogP contribution in [0.5, 0.6) is 11.5 Å². The van der Waals surface area contributed by atoms with Crippen molar-refractivity contribution in [1.82, 2.24) is 9.97 Å². The summed E-state index contributed by atoms with van der Waals surface area (Å²) in [4.78, 5) is 30.8. The molecule has 9 nitrogen and oxygen atoms in total. The van der Waals surface area contributed by atoms with Crippen LogP contribution in [-0.2, 0) is 4.74 Å². The van der Waals surface area contributed by atoms with E-state index < -0.39 is 12.1 Å². The summed E-state index contributed by atoms with van der Waals surface area (Å²) in [7, 11) is 1.27. The molecule has 0 radical (unpaired) electrons. The zero-order valence-electron chi connectivity index (χ0n) is 17.2. The standard InChI is InChI=1S/C22H18ClN5O4.ClH/c1-31-22(30)28-20-26-18-9-8-17(12-19(18)27-20)32-16-7-3-6-15(11-16)25-21(29)24-14-5-2-4-13(23)10-14;/h2-12H,1H3,(H2,24,25,29)(H2,26,27,28,30);1H. The number of hydrogen-bond acceptors (Lipinski definition) is 5. The van der Waals surface area contributed by atoms with Crippen LogP contribution in [0.15, 0.2) is 66.7 Å². The Balaban J connectivity index is 0.00000306. The fourth-order valence-corrected chi connectivity index (χ4v) is 3.08.